The second-order valence-electron chi connectivity index (χ2n) is 22.4. The number of nitrogens with zero attached hydrogens (tertiary/aromatic N) is 2. The van der Waals surface area contributed by atoms with Crippen molar-refractivity contribution in [2.24, 2.45) is 67.6 Å². The van der Waals surface area contributed by atoms with Crippen LogP contribution < -0.4 is 116 Å². The van der Waals surface area contributed by atoms with Crippen LogP contribution in [0.25, 0.3) is 11.1 Å². The molecule has 0 saturated carbocycles. The topological polar surface area (TPSA) is 686 Å². The number of benzene rings is 2. The molecule has 1 aliphatic carbocycles. The van der Waals surface area contributed by atoms with Crippen molar-refractivity contribution in [3.63, 3.8) is 0 Å². The number of Topliss-reactive ketones (excluding diaryl/α,β-unsaturated/α-hetero) is 1. The number of hydrogen-bond acceptors (Lipinski definition) is 21. The molecule has 0 aliphatic heterocycles. The third-order valence-electron chi connectivity index (χ3n) is 14.6. The summed E-state index contributed by atoms with van der Waals surface area (Å²) in [6.45, 7) is -2.20. The third kappa shape index (κ3) is 30.8. The molecule has 0 unspecified atom stereocenters. The standard InChI is InChI=1S/C59H89N23O17/c1-30(77-55(96)40(22-44(61)85)79-49(90)27-75-59(98)99-29-36-33-12-4-2-10-31(33)32-11-3-5-13-34(32)36)51(92)81-38(16-9-21-71-58(66)67)53(94)74-25-47(88)78-37(15-8-20-70-57(64)65)52(93)73-26-48(89)80-41(23-45(62)86)56(97)82-39(17-18-43(60)84)54(95)72-24-42(83)35(50(63)91)14-6-7-19-69-46(87)28-76-68/h2-5,10-13,30,35-41,76H,6-9,14-29,68H2,1H3,(H2,60,84)(H2,61,85)(H2,62,86)(H2,63,91)(H,69,87)(H,72,95)(H,73,93)(H,74,94)(H,75,98)(H,77,96)(H,78,88)(H,79,90)(H,80,89)(H,81,92)(H,82,97)(H4,64,65,70)(H4,66,67,71)/t30-,35+,37-,38-,39-,40-,41-/m0/s1. The minimum Gasteiger partial charge on any atom is -0.449 e. The van der Waals surface area contributed by atoms with E-state index in [0.29, 0.717) is 6.42 Å². The highest BCUT2D eigenvalue weighted by atomic mass is 16.5. The fraction of sp³-hybridized carbons (Fsp3) is 0.492. The van der Waals surface area contributed by atoms with Crippen molar-refractivity contribution in [3.8, 4) is 11.1 Å². The van der Waals surface area contributed by atoms with Gasteiger partial charge in [-0.1, -0.05) is 55.0 Å². The monoisotopic (exact) mass is 1390 g/mol. The van der Waals surface area contributed by atoms with Gasteiger partial charge in [0.15, 0.2) is 17.7 Å². The molecule has 0 heterocycles. The quantitative estimate of drug-likeness (QED) is 0.00731. The number of unbranched alkanes of at least 4 members (excludes halogenated alkanes) is 1. The lowest BCUT2D eigenvalue weighted by atomic mass is 9.96. The molecule has 0 fully saturated rings. The Balaban J connectivity index is 1.64. The number of ketones is 1. The molecular weight excluding hydrogens is 1300 g/mol. The number of primary amides is 4. The van der Waals surface area contributed by atoms with Crippen LogP contribution in [-0.2, 0) is 76.7 Å². The van der Waals surface area contributed by atoms with Crippen LogP contribution in [0.4, 0.5) is 4.79 Å². The molecule has 0 saturated heterocycles. The van der Waals surface area contributed by atoms with E-state index >= 15 is 0 Å². The summed E-state index contributed by atoms with van der Waals surface area (Å²) >= 11 is 0. The Morgan fingerprint density at radius 3 is 1.36 bits per heavy atom. The van der Waals surface area contributed by atoms with Gasteiger partial charge in [0.1, 0.15) is 49.4 Å². The predicted molar refractivity (Wildman–Crippen MR) is 352 cm³/mol. The van der Waals surface area contributed by atoms with Crippen molar-refractivity contribution in [1.29, 1.82) is 0 Å². The number of carbonyl (C=O) groups excluding carboxylic acids is 16. The Kier molecular flexibility index (Phi) is 35.3. The van der Waals surface area contributed by atoms with Gasteiger partial charge in [0, 0.05) is 32.0 Å². The highest BCUT2D eigenvalue weighted by Gasteiger charge is 2.34. The summed E-state index contributed by atoms with van der Waals surface area (Å²) in [4.78, 5) is 214. The summed E-state index contributed by atoms with van der Waals surface area (Å²) in [7, 11) is 0. The molecule has 0 bridgehead atoms. The zero-order valence-corrected chi connectivity index (χ0v) is 54.4. The lowest BCUT2D eigenvalue weighted by molar-refractivity contribution is -0.136. The van der Waals surface area contributed by atoms with E-state index < -0.39 is 189 Å². The Hall–Kier alpha value is -11.6. The van der Waals surface area contributed by atoms with Crippen molar-refractivity contribution in [3.05, 3.63) is 59.7 Å². The summed E-state index contributed by atoms with van der Waals surface area (Å²) in [6, 6.07) is 5.67. The Labute approximate surface area is 567 Å². The molecule has 99 heavy (non-hydrogen) atoms. The lowest BCUT2D eigenvalue weighted by Gasteiger charge is -2.23. The van der Waals surface area contributed by atoms with Crippen molar-refractivity contribution >= 4 is 106 Å². The third-order valence-corrected chi connectivity index (χ3v) is 14.6. The number of guanidine groups is 2. The van der Waals surface area contributed by atoms with Gasteiger partial charge >= 0.3 is 6.09 Å². The number of nitrogens with one attached hydrogen (secondary N) is 12. The number of aliphatic imine (C=N–C) groups is 2. The van der Waals surface area contributed by atoms with Crippen LogP contribution in [0.1, 0.15) is 94.6 Å². The molecule has 542 valence electrons. The smallest absolute Gasteiger partial charge is 0.407 e. The van der Waals surface area contributed by atoms with Crippen LogP contribution >= 0.6 is 0 Å². The van der Waals surface area contributed by atoms with Gasteiger partial charge in [0.2, 0.25) is 82.7 Å². The molecular formula is C59H89N23O17. The lowest BCUT2D eigenvalue weighted by Crippen LogP contribution is -2.57. The van der Waals surface area contributed by atoms with E-state index in [0.717, 1.165) is 22.3 Å². The highest BCUT2D eigenvalue weighted by Crippen LogP contribution is 2.44. The van der Waals surface area contributed by atoms with E-state index in [9.17, 15) is 76.7 Å². The van der Waals surface area contributed by atoms with Gasteiger partial charge in [-0.15, -0.1) is 0 Å². The average Bonchev–Trinajstić information content (AvgIpc) is 1.62. The first-order chi connectivity index (χ1) is 46.9. The second-order valence-corrected chi connectivity index (χ2v) is 22.4. The summed E-state index contributed by atoms with van der Waals surface area (Å²) < 4.78 is 5.45. The first-order valence-corrected chi connectivity index (χ1v) is 31.1. The Morgan fingerprint density at radius 1 is 0.444 bits per heavy atom. The minimum absolute atomic E-state index is 0.0336. The van der Waals surface area contributed by atoms with Crippen LogP contribution in [0.2, 0.25) is 0 Å². The molecule has 3 rings (SSSR count). The predicted octanol–water partition coefficient (Wildman–Crippen LogP) is -9.65. The van der Waals surface area contributed by atoms with Gasteiger partial charge in [-0.05, 0) is 74.1 Å². The SMILES string of the molecule is C[C@H](NC(=O)[C@H](CC(N)=O)NC(=O)CNC(=O)OCC1c2ccccc2-c2ccccc21)C(=O)N[C@@H](CCCN=C(N)N)C(=O)NCC(=O)N[C@@H](CCCN=C(N)N)C(=O)NCC(=O)N[C@@H](CC(N)=O)C(=O)N[C@@H](CCC(N)=O)C(=O)NCC(=O)[C@@H](CCCCNC(=O)CNN)C(N)=O. The zero-order chi connectivity index (χ0) is 73.7. The van der Waals surface area contributed by atoms with E-state index in [4.69, 9.17) is 56.4 Å². The summed E-state index contributed by atoms with van der Waals surface area (Å²) in [5, 5.41) is 25.6. The minimum atomic E-state index is -1.84. The maximum absolute atomic E-state index is 13.7. The number of carbonyl (C=O) groups is 16. The van der Waals surface area contributed by atoms with Crippen LogP contribution in [0.15, 0.2) is 58.5 Å². The van der Waals surface area contributed by atoms with E-state index in [1.165, 1.54) is 6.92 Å². The van der Waals surface area contributed by atoms with Crippen molar-refractivity contribution in [1.82, 2.24) is 63.9 Å². The molecule has 40 nitrogen and oxygen atoms in total. The van der Waals surface area contributed by atoms with E-state index in [-0.39, 0.29) is 89.1 Å². The van der Waals surface area contributed by atoms with Gasteiger partial charge < -0.3 is 109 Å². The summed E-state index contributed by atoms with van der Waals surface area (Å²) in [5.74, 6) is -11.9. The van der Waals surface area contributed by atoms with E-state index in [1.54, 1.807) is 0 Å². The number of hydrazine groups is 1. The summed E-state index contributed by atoms with van der Waals surface area (Å²) in [5.41, 5.74) is 49.3. The zero-order valence-electron chi connectivity index (χ0n) is 54.4. The number of rotatable bonds is 46. The molecule has 0 radical (unpaired) electrons. The first-order valence-electron chi connectivity index (χ1n) is 31.1. The van der Waals surface area contributed by atoms with Crippen molar-refractivity contribution < 1.29 is 81.4 Å². The molecule has 7 atom stereocenters. The molecule has 15 amide bonds. The molecule has 0 aromatic heterocycles. The number of fused-ring (bicyclic) bond motifs is 3. The van der Waals surface area contributed by atoms with Crippen molar-refractivity contribution in [2.75, 3.05) is 59.0 Å². The largest absolute Gasteiger partial charge is 0.449 e. The maximum Gasteiger partial charge on any atom is 0.407 e. The first kappa shape index (κ1) is 81.7. The molecule has 1 aliphatic rings. The van der Waals surface area contributed by atoms with Crippen LogP contribution in [0.5, 0.6) is 0 Å². The molecule has 2 aromatic rings. The van der Waals surface area contributed by atoms with Gasteiger partial charge in [-0.2, -0.15) is 0 Å². The number of nitrogens with two attached hydrogens (primary N) is 9. The molecule has 30 N–H and O–H groups in total. The fourth-order valence-electron chi connectivity index (χ4n) is 9.73. The van der Waals surface area contributed by atoms with Gasteiger partial charge in [-0.25, -0.2) is 4.79 Å². The normalized spacial score (nSPS) is 13.2. The van der Waals surface area contributed by atoms with Gasteiger partial charge in [0.25, 0.3) is 0 Å². The van der Waals surface area contributed by atoms with Crippen LogP contribution in [-0.4, -0.2) is 202 Å². The van der Waals surface area contributed by atoms with Crippen LogP contribution in [0, 0.1) is 5.92 Å². The molecule has 2 aromatic carbocycles. The highest BCUT2D eigenvalue weighted by molar-refractivity contribution is 6.03. The number of ether oxygens (including phenoxy) is 1. The number of amides is 15. The van der Waals surface area contributed by atoms with E-state index in [1.807, 2.05) is 48.5 Å². The maximum atomic E-state index is 13.7. The number of alkyl carbamates (subject to hydrolysis) is 1. The molecule has 0 spiro atoms. The Morgan fingerprint density at radius 2 is 0.889 bits per heavy atom. The van der Waals surface area contributed by atoms with E-state index in [2.05, 4.69) is 73.9 Å². The molecule has 40 heteroatoms. The fourth-order valence-corrected chi connectivity index (χ4v) is 9.73. The average molecular weight is 1390 g/mol. The number of hydrogen-bond donors (Lipinski definition) is 21. The van der Waals surface area contributed by atoms with Gasteiger partial charge in [0.05, 0.1) is 44.9 Å². The summed E-state index contributed by atoms with van der Waals surface area (Å²) in [6.07, 6.45) is -3.32. The Bertz CT molecular complexity index is 3260. The van der Waals surface area contributed by atoms with Gasteiger partial charge in [-0.3, -0.25) is 93.2 Å². The van der Waals surface area contributed by atoms with Crippen LogP contribution in [0.3, 0.4) is 0 Å². The van der Waals surface area contributed by atoms with Crippen molar-refractivity contribution in [2.45, 2.75) is 120 Å². The second kappa shape index (κ2) is 42.8.